The van der Waals surface area contributed by atoms with Gasteiger partial charge in [-0.3, -0.25) is 4.79 Å². The summed E-state index contributed by atoms with van der Waals surface area (Å²) >= 11 is 0. The Bertz CT molecular complexity index is 175. The van der Waals surface area contributed by atoms with Crippen molar-refractivity contribution in [2.75, 3.05) is 0 Å². The van der Waals surface area contributed by atoms with Crippen LogP contribution in [-0.4, -0.2) is 29.1 Å². The van der Waals surface area contributed by atoms with Crippen LogP contribution in [0, 0.1) is 0 Å². The number of esters is 1. The van der Waals surface area contributed by atoms with Gasteiger partial charge in [0.2, 0.25) is 0 Å². The highest BCUT2D eigenvalue weighted by Gasteiger charge is 2.40. The number of cyclic esters (lactones) is 1. The number of hydrogen-bond donors (Lipinski definition) is 1. The fraction of sp³-hybridized carbons (Fsp3) is 0.667. The van der Waals surface area contributed by atoms with Crippen LogP contribution in [0.2, 0.25) is 0 Å². The molecule has 0 aromatic heterocycles. The van der Waals surface area contributed by atoms with Gasteiger partial charge in [-0.2, -0.15) is 0 Å². The first kappa shape index (κ1) is 7.21. The van der Waals surface area contributed by atoms with Crippen LogP contribution in [-0.2, 0) is 14.3 Å². The number of ether oxygens (including phenoxy) is 1. The smallest absolute Gasteiger partial charge is 0.377 e. The first-order valence-electron chi connectivity index (χ1n) is 3.09. The van der Waals surface area contributed by atoms with E-state index in [2.05, 4.69) is 4.74 Å². The minimum Gasteiger partial charge on any atom is -0.453 e. The zero-order valence-electron chi connectivity index (χ0n) is 5.53. The first-order valence-corrected chi connectivity index (χ1v) is 3.09. The van der Waals surface area contributed by atoms with E-state index in [0.29, 0.717) is 6.42 Å². The van der Waals surface area contributed by atoms with Crippen LogP contribution in [0.25, 0.3) is 0 Å². The van der Waals surface area contributed by atoms with E-state index in [-0.39, 0.29) is 0 Å². The van der Waals surface area contributed by atoms with E-state index in [4.69, 9.17) is 5.11 Å². The number of aliphatic hydroxyl groups is 1. The van der Waals surface area contributed by atoms with E-state index in [9.17, 15) is 9.59 Å². The van der Waals surface area contributed by atoms with Crippen molar-refractivity contribution >= 4 is 11.8 Å². The molecular weight excluding hydrogens is 136 g/mol. The Balaban J connectivity index is 2.71. The maximum Gasteiger partial charge on any atom is 0.377 e. The van der Waals surface area contributed by atoms with E-state index in [1.165, 1.54) is 0 Å². The second-order valence-electron chi connectivity index (χ2n) is 2.16. The lowest BCUT2D eigenvalue weighted by Crippen LogP contribution is -2.25. The molecule has 1 saturated heterocycles. The molecule has 0 radical (unpaired) electrons. The first-order chi connectivity index (χ1) is 4.66. The molecule has 1 N–H and O–H groups in total. The molecule has 4 heteroatoms. The second kappa shape index (κ2) is 2.38. The van der Waals surface area contributed by atoms with Crippen molar-refractivity contribution in [2.45, 2.75) is 25.6 Å². The molecule has 0 aromatic rings. The van der Waals surface area contributed by atoms with E-state index >= 15 is 0 Å². The summed E-state index contributed by atoms with van der Waals surface area (Å²) in [6.45, 7) is 1.74. The highest BCUT2D eigenvalue weighted by Crippen LogP contribution is 2.13. The largest absolute Gasteiger partial charge is 0.453 e. The van der Waals surface area contributed by atoms with Crippen molar-refractivity contribution in [1.29, 1.82) is 0 Å². The molecule has 0 amide bonds. The zero-order valence-corrected chi connectivity index (χ0v) is 5.53. The fourth-order valence-corrected chi connectivity index (χ4v) is 0.856. The van der Waals surface area contributed by atoms with Gasteiger partial charge in [-0.05, 0) is 6.42 Å². The van der Waals surface area contributed by atoms with Gasteiger partial charge in [0.1, 0.15) is 6.10 Å². The summed E-state index contributed by atoms with van der Waals surface area (Å²) in [5.74, 6) is -1.74. The Morgan fingerprint density at radius 3 is 2.40 bits per heavy atom. The summed E-state index contributed by atoms with van der Waals surface area (Å²) in [4.78, 5) is 21.0. The monoisotopic (exact) mass is 144 g/mol. The lowest BCUT2D eigenvalue weighted by molar-refractivity contribution is -0.149. The van der Waals surface area contributed by atoms with Gasteiger partial charge < -0.3 is 9.84 Å². The van der Waals surface area contributed by atoms with Gasteiger partial charge in [0.05, 0.1) is 0 Å². The number of hydrogen-bond acceptors (Lipinski definition) is 4. The van der Waals surface area contributed by atoms with Gasteiger partial charge in [0.25, 0.3) is 5.78 Å². The van der Waals surface area contributed by atoms with Crippen LogP contribution >= 0.6 is 0 Å². The molecule has 1 rings (SSSR count). The number of aliphatic hydroxyl groups excluding tert-OH is 1. The van der Waals surface area contributed by atoms with Crippen LogP contribution < -0.4 is 0 Å². The number of carbonyl (C=O) groups is 2. The summed E-state index contributed by atoms with van der Waals surface area (Å²) < 4.78 is 4.50. The number of Topliss-reactive ketones (excluding diaryl/α,β-unsaturated/α-hetero) is 1. The Kier molecular flexibility index (Phi) is 1.72. The average Bonchev–Trinajstić information content (AvgIpc) is 2.17. The SMILES string of the molecule is CCC1OC(=O)C(=O)C1O. The molecule has 0 aliphatic carbocycles. The third-order valence-corrected chi connectivity index (χ3v) is 1.48. The minimum absolute atomic E-state index is 0.471. The third-order valence-electron chi connectivity index (χ3n) is 1.48. The zero-order chi connectivity index (χ0) is 7.72. The van der Waals surface area contributed by atoms with Gasteiger partial charge in [-0.25, -0.2) is 4.79 Å². The van der Waals surface area contributed by atoms with Crippen molar-refractivity contribution in [3.05, 3.63) is 0 Å². The van der Waals surface area contributed by atoms with Crippen molar-refractivity contribution in [3.63, 3.8) is 0 Å². The van der Waals surface area contributed by atoms with Crippen molar-refractivity contribution in [1.82, 2.24) is 0 Å². The summed E-state index contributed by atoms with van der Waals surface area (Å²) in [5.41, 5.74) is 0. The maximum atomic E-state index is 10.5. The maximum absolute atomic E-state index is 10.5. The molecule has 0 spiro atoms. The summed E-state index contributed by atoms with van der Waals surface area (Å²) in [6.07, 6.45) is -1.39. The molecule has 1 aliphatic rings. The van der Waals surface area contributed by atoms with Crippen LogP contribution in [0.15, 0.2) is 0 Å². The molecule has 2 unspecified atom stereocenters. The number of rotatable bonds is 1. The van der Waals surface area contributed by atoms with Crippen molar-refractivity contribution in [2.24, 2.45) is 0 Å². The van der Waals surface area contributed by atoms with Gasteiger partial charge in [-0.1, -0.05) is 6.92 Å². The number of carbonyl (C=O) groups excluding carboxylic acids is 2. The predicted molar refractivity (Wildman–Crippen MR) is 31.2 cm³/mol. The molecule has 4 nitrogen and oxygen atoms in total. The quantitative estimate of drug-likeness (QED) is 0.388. The Hall–Kier alpha value is -0.900. The molecule has 1 aliphatic heterocycles. The normalized spacial score (nSPS) is 32.6. The van der Waals surface area contributed by atoms with Crippen LogP contribution in [0.4, 0.5) is 0 Å². The molecule has 0 bridgehead atoms. The Morgan fingerprint density at radius 2 is 2.20 bits per heavy atom. The molecule has 56 valence electrons. The van der Waals surface area contributed by atoms with E-state index in [0.717, 1.165) is 0 Å². The van der Waals surface area contributed by atoms with Gasteiger partial charge in [0, 0.05) is 0 Å². The summed E-state index contributed by atoms with van der Waals surface area (Å²) in [7, 11) is 0. The number of ketones is 1. The van der Waals surface area contributed by atoms with E-state index in [1.807, 2.05) is 0 Å². The standard InChI is InChI=1S/C6H8O4/c1-2-3-4(7)5(8)6(9)10-3/h3-4,7H,2H2,1H3. The Labute approximate surface area is 57.8 Å². The second-order valence-corrected chi connectivity index (χ2v) is 2.16. The van der Waals surface area contributed by atoms with Crippen LogP contribution in [0.1, 0.15) is 13.3 Å². The molecule has 10 heavy (non-hydrogen) atoms. The van der Waals surface area contributed by atoms with Gasteiger partial charge in [-0.15, -0.1) is 0 Å². The molecule has 2 atom stereocenters. The van der Waals surface area contributed by atoms with E-state index < -0.39 is 24.0 Å². The average molecular weight is 144 g/mol. The highest BCUT2D eigenvalue weighted by atomic mass is 16.6. The van der Waals surface area contributed by atoms with Crippen LogP contribution in [0.3, 0.4) is 0 Å². The molecule has 1 heterocycles. The van der Waals surface area contributed by atoms with Gasteiger partial charge in [0.15, 0.2) is 6.10 Å². The lowest BCUT2D eigenvalue weighted by atomic mass is 10.1. The van der Waals surface area contributed by atoms with Crippen LogP contribution in [0.5, 0.6) is 0 Å². The van der Waals surface area contributed by atoms with Gasteiger partial charge >= 0.3 is 5.97 Å². The molecule has 0 aromatic carbocycles. The van der Waals surface area contributed by atoms with Crippen molar-refractivity contribution < 1.29 is 19.4 Å². The van der Waals surface area contributed by atoms with E-state index in [1.54, 1.807) is 6.92 Å². The van der Waals surface area contributed by atoms with Crippen molar-refractivity contribution in [3.8, 4) is 0 Å². The minimum atomic E-state index is -1.24. The molecular formula is C6H8O4. The molecule has 0 saturated carbocycles. The molecule has 1 fully saturated rings. The summed E-state index contributed by atoms with van der Waals surface area (Å²) in [5, 5.41) is 8.93. The lowest BCUT2D eigenvalue weighted by Gasteiger charge is -2.06. The summed E-state index contributed by atoms with van der Waals surface area (Å²) in [6, 6.07) is 0. The highest BCUT2D eigenvalue weighted by molar-refractivity contribution is 6.37. The third kappa shape index (κ3) is 0.903. The Morgan fingerprint density at radius 1 is 1.60 bits per heavy atom. The topological polar surface area (TPSA) is 63.6 Å². The fourth-order valence-electron chi connectivity index (χ4n) is 0.856. The predicted octanol–water partition coefficient (Wildman–Crippen LogP) is -0.748.